The summed E-state index contributed by atoms with van der Waals surface area (Å²) in [7, 11) is 1.63. The van der Waals surface area contributed by atoms with Crippen molar-refractivity contribution in [2.45, 2.75) is 12.7 Å². The Kier molecular flexibility index (Phi) is 4.54. The maximum absolute atomic E-state index is 13.3. The van der Waals surface area contributed by atoms with Gasteiger partial charge in [0.05, 0.1) is 5.56 Å². The number of hydrogen-bond donors (Lipinski definition) is 1. The first-order valence-corrected chi connectivity index (χ1v) is 6.50. The third kappa shape index (κ3) is 3.74. The first-order chi connectivity index (χ1) is 9.81. The monoisotopic (exact) mass is 317 g/mol. The van der Waals surface area contributed by atoms with Crippen molar-refractivity contribution < 1.29 is 17.6 Å². The third-order valence-corrected chi connectivity index (χ3v) is 3.27. The molecule has 0 saturated carbocycles. The normalized spacial score (nSPS) is 11.7. The lowest BCUT2D eigenvalue weighted by molar-refractivity contribution is -0.137. The predicted molar refractivity (Wildman–Crippen MR) is 74.6 cm³/mol. The molecule has 1 N–H and O–H groups in total. The molecule has 0 unspecified atom stereocenters. The lowest BCUT2D eigenvalue weighted by Crippen LogP contribution is -2.10. The molecule has 0 aromatic heterocycles. The van der Waals surface area contributed by atoms with Crippen molar-refractivity contribution in [3.63, 3.8) is 0 Å². The molecule has 0 saturated heterocycles. The Labute approximate surface area is 124 Å². The van der Waals surface area contributed by atoms with Crippen LogP contribution in [0.25, 0.3) is 11.1 Å². The zero-order valence-corrected chi connectivity index (χ0v) is 11.8. The van der Waals surface area contributed by atoms with Gasteiger partial charge in [0.15, 0.2) is 0 Å². The molecule has 0 amide bonds. The lowest BCUT2D eigenvalue weighted by atomic mass is 9.99. The van der Waals surface area contributed by atoms with Gasteiger partial charge in [-0.2, -0.15) is 13.2 Å². The first-order valence-electron chi connectivity index (χ1n) is 6.12. The van der Waals surface area contributed by atoms with E-state index in [0.717, 1.165) is 24.3 Å². The Balaban J connectivity index is 2.62. The second kappa shape index (κ2) is 6.03. The molecular weight excluding hydrogens is 306 g/mol. The summed E-state index contributed by atoms with van der Waals surface area (Å²) in [5, 5.41) is 2.99. The van der Waals surface area contributed by atoms with Crippen molar-refractivity contribution >= 4 is 11.6 Å². The maximum Gasteiger partial charge on any atom is 0.416 e. The number of hydrogen-bond acceptors (Lipinski definition) is 1. The SMILES string of the molecule is CNCc1cc(-c2cc(F)ccc2Cl)cc(C(F)(F)F)c1. The fourth-order valence-corrected chi connectivity index (χ4v) is 2.26. The molecule has 0 bridgehead atoms. The summed E-state index contributed by atoms with van der Waals surface area (Å²) in [4.78, 5) is 0. The predicted octanol–water partition coefficient (Wildman–Crippen LogP) is 4.88. The summed E-state index contributed by atoms with van der Waals surface area (Å²) in [6.45, 7) is 0.268. The van der Waals surface area contributed by atoms with Gasteiger partial charge in [0, 0.05) is 17.1 Å². The van der Waals surface area contributed by atoms with Gasteiger partial charge < -0.3 is 5.32 Å². The van der Waals surface area contributed by atoms with Gasteiger partial charge in [-0.15, -0.1) is 0 Å². The van der Waals surface area contributed by atoms with Crippen LogP contribution in [0.2, 0.25) is 5.02 Å². The van der Waals surface area contributed by atoms with E-state index < -0.39 is 17.6 Å². The van der Waals surface area contributed by atoms with Crippen molar-refractivity contribution in [1.29, 1.82) is 0 Å². The van der Waals surface area contributed by atoms with Crippen LogP contribution in [0.15, 0.2) is 36.4 Å². The first kappa shape index (κ1) is 15.8. The fourth-order valence-electron chi connectivity index (χ4n) is 2.04. The van der Waals surface area contributed by atoms with Crippen LogP contribution in [-0.4, -0.2) is 7.05 Å². The molecule has 0 aliphatic heterocycles. The van der Waals surface area contributed by atoms with Crippen molar-refractivity contribution in [2.75, 3.05) is 7.05 Å². The molecular formula is C15H12ClF4N. The molecule has 0 heterocycles. The van der Waals surface area contributed by atoms with E-state index in [1.807, 2.05) is 0 Å². The molecule has 2 rings (SSSR count). The van der Waals surface area contributed by atoms with Gasteiger partial charge in [-0.1, -0.05) is 11.6 Å². The minimum absolute atomic E-state index is 0.200. The summed E-state index contributed by atoms with van der Waals surface area (Å²) < 4.78 is 52.2. The zero-order chi connectivity index (χ0) is 15.6. The van der Waals surface area contributed by atoms with Gasteiger partial charge in [-0.3, -0.25) is 0 Å². The average Bonchev–Trinajstić information content (AvgIpc) is 2.40. The highest BCUT2D eigenvalue weighted by Crippen LogP contribution is 2.35. The number of rotatable bonds is 3. The van der Waals surface area contributed by atoms with E-state index in [4.69, 9.17) is 11.6 Å². The summed E-state index contributed by atoms with van der Waals surface area (Å²) in [6, 6.07) is 7.21. The van der Waals surface area contributed by atoms with E-state index >= 15 is 0 Å². The summed E-state index contributed by atoms with van der Waals surface area (Å²) in [5.74, 6) is -0.554. The van der Waals surface area contributed by atoms with Crippen LogP contribution in [0, 0.1) is 5.82 Å². The highest BCUT2D eigenvalue weighted by atomic mass is 35.5. The van der Waals surface area contributed by atoms with Crippen molar-refractivity contribution in [3.05, 3.63) is 58.4 Å². The zero-order valence-electron chi connectivity index (χ0n) is 11.1. The van der Waals surface area contributed by atoms with Crippen molar-refractivity contribution in [3.8, 4) is 11.1 Å². The standard InChI is InChI=1S/C15H12ClF4N/c1-21-8-9-4-10(6-11(5-9)15(18,19)20)13-7-12(17)2-3-14(13)16/h2-7,21H,8H2,1H3. The topological polar surface area (TPSA) is 12.0 Å². The van der Waals surface area contributed by atoms with Gasteiger partial charge in [-0.25, -0.2) is 4.39 Å². The largest absolute Gasteiger partial charge is 0.416 e. The number of halogens is 5. The quantitative estimate of drug-likeness (QED) is 0.795. The Morgan fingerprint density at radius 1 is 1.10 bits per heavy atom. The van der Waals surface area contributed by atoms with E-state index in [2.05, 4.69) is 5.32 Å². The minimum atomic E-state index is -4.47. The molecule has 0 fully saturated rings. The van der Waals surface area contributed by atoms with Crippen LogP contribution in [0.5, 0.6) is 0 Å². The van der Waals surface area contributed by atoms with Crippen molar-refractivity contribution in [2.24, 2.45) is 0 Å². The molecule has 1 nitrogen and oxygen atoms in total. The number of alkyl halides is 3. The highest BCUT2D eigenvalue weighted by Gasteiger charge is 2.31. The van der Waals surface area contributed by atoms with Crippen LogP contribution in [0.1, 0.15) is 11.1 Å². The molecule has 21 heavy (non-hydrogen) atoms. The lowest BCUT2D eigenvalue weighted by Gasteiger charge is -2.13. The Morgan fingerprint density at radius 3 is 2.43 bits per heavy atom. The molecule has 2 aromatic carbocycles. The molecule has 2 aromatic rings. The smallest absolute Gasteiger partial charge is 0.316 e. The van der Waals surface area contributed by atoms with E-state index in [1.54, 1.807) is 13.1 Å². The second-order valence-electron chi connectivity index (χ2n) is 4.57. The molecule has 0 aliphatic carbocycles. The highest BCUT2D eigenvalue weighted by molar-refractivity contribution is 6.33. The summed E-state index contributed by atoms with van der Waals surface area (Å²) >= 11 is 5.96. The van der Waals surface area contributed by atoms with Crippen LogP contribution >= 0.6 is 11.6 Å². The van der Waals surface area contributed by atoms with Gasteiger partial charge in [0.2, 0.25) is 0 Å². The van der Waals surface area contributed by atoms with Crippen LogP contribution in [-0.2, 0) is 12.7 Å². The molecule has 6 heteroatoms. The van der Waals surface area contributed by atoms with Crippen LogP contribution in [0.4, 0.5) is 17.6 Å². The fraction of sp³-hybridized carbons (Fsp3) is 0.200. The minimum Gasteiger partial charge on any atom is -0.316 e. The van der Waals surface area contributed by atoms with Gasteiger partial charge >= 0.3 is 6.18 Å². The summed E-state index contributed by atoms with van der Waals surface area (Å²) in [5.41, 5.74) is 0.132. The van der Waals surface area contributed by atoms with Gasteiger partial charge in [-0.05, 0) is 54.6 Å². The molecule has 0 aliphatic rings. The van der Waals surface area contributed by atoms with E-state index in [9.17, 15) is 17.6 Å². The second-order valence-corrected chi connectivity index (χ2v) is 4.98. The van der Waals surface area contributed by atoms with Gasteiger partial charge in [0.25, 0.3) is 0 Å². The van der Waals surface area contributed by atoms with E-state index in [-0.39, 0.29) is 22.7 Å². The van der Waals surface area contributed by atoms with Crippen LogP contribution < -0.4 is 5.32 Å². The van der Waals surface area contributed by atoms with Crippen LogP contribution in [0.3, 0.4) is 0 Å². The Hall–Kier alpha value is -1.59. The van der Waals surface area contributed by atoms with E-state index in [1.165, 1.54) is 6.07 Å². The number of benzene rings is 2. The van der Waals surface area contributed by atoms with E-state index in [0.29, 0.717) is 5.56 Å². The third-order valence-electron chi connectivity index (χ3n) is 2.94. The maximum atomic E-state index is 13.3. The molecule has 0 atom stereocenters. The Bertz CT molecular complexity index is 653. The molecule has 112 valence electrons. The summed E-state index contributed by atoms with van der Waals surface area (Å²) in [6.07, 6.45) is -4.47. The molecule has 0 spiro atoms. The number of nitrogens with one attached hydrogen (secondary N) is 1. The average molecular weight is 318 g/mol. The van der Waals surface area contributed by atoms with Crippen molar-refractivity contribution in [1.82, 2.24) is 5.32 Å². The Morgan fingerprint density at radius 2 is 1.81 bits per heavy atom. The molecule has 0 radical (unpaired) electrons. The van der Waals surface area contributed by atoms with Gasteiger partial charge in [0.1, 0.15) is 5.82 Å².